The van der Waals surface area contributed by atoms with E-state index in [1.54, 1.807) is 42.7 Å². The van der Waals surface area contributed by atoms with Gasteiger partial charge in [0.1, 0.15) is 5.82 Å². The van der Waals surface area contributed by atoms with E-state index in [0.29, 0.717) is 35.7 Å². The highest BCUT2D eigenvalue weighted by Gasteiger charge is 2.30. The van der Waals surface area contributed by atoms with E-state index in [4.69, 9.17) is 0 Å². The number of aromatic nitrogens is 1. The monoisotopic (exact) mass is 446 g/mol. The fourth-order valence-electron chi connectivity index (χ4n) is 3.46. The molecule has 31 heavy (non-hydrogen) atoms. The second-order valence-corrected chi connectivity index (χ2v) is 9.22. The first-order valence-electron chi connectivity index (χ1n) is 9.77. The number of fused-ring (bicyclic) bond motifs is 1. The smallest absolute Gasteiger partial charge is 0.319 e. The molecule has 166 valence electrons. The summed E-state index contributed by atoms with van der Waals surface area (Å²) in [5.41, 5.74) is 2.83. The molecule has 9 heteroatoms. The molecule has 2 aromatic carbocycles. The van der Waals surface area contributed by atoms with Crippen LogP contribution in [0.5, 0.6) is 0 Å². The number of rotatable bonds is 5. The van der Waals surface area contributed by atoms with Crippen molar-refractivity contribution in [2.24, 2.45) is 0 Å². The lowest BCUT2D eigenvalue weighted by Crippen LogP contribution is -2.33. The Kier molecular flexibility index (Phi) is 6.19. The van der Waals surface area contributed by atoms with Gasteiger partial charge in [-0.25, -0.2) is 9.18 Å². The number of urea groups is 1. The Labute approximate surface area is 184 Å². The summed E-state index contributed by atoms with van der Waals surface area (Å²) >= 11 is 0. The van der Waals surface area contributed by atoms with Crippen LogP contribution in [0.25, 0.3) is 0 Å². The van der Waals surface area contributed by atoms with Crippen molar-refractivity contribution < 1.29 is 21.1 Å². The van der Waals surface area contributed by atoms with E-state index in [-0.39, 0.29) is 21.2 Å². The predicted octanol–water partition coefficient (Wildman–Crippen LogP) is 5.12. The molecule has 0 aliphatic carbocycles. The number of benzene rings is 2. The Hall–Kier alpha value is -2.98. The van der Waals surface area contributed by atoms with Crippen LogP contribution in [-0.2, 0) is 19.5 Å². The molecular formula is C22H27FN4O3S. The average molecular weight is 447 g/mol. The third kappa shape index (κ3) is 4.86. The fraction of sp³-hybridized carbons (Fsp3) is 0.182. The second-order valence-electron chi connectivity index (χ2n) is 7.20. The summed E-state index contributed by atoms with van der Waals surface area (Å²) < 4.78 is 37.3. The van der Waals surface area contributed by atoms with Crippen LogP contribution in [0.4, 0.5) is 14.9 Å². The van der Waals surface area contributed by atoms with Gasteiger partial charge in [-0.3, -0.25) is 14.1 Å². The summed E-state index contributed by atoms with van der Waals surface area (Å²) in [6.45, 7) is 0.901. The van der Waals surface area contributed by atoms with E-state index in [0.717, 1.165) is 11.1 Å². The van der Waals surface area contributed by atoms with Gasteiger partial charge in [0.25, 0.3) is 0 Å². The lowest BCUT2D eigenvalue weighted by molar-refractivity contribution is 0.251. The summed E-state index contributed by atoms with van der Waals surface area (Å²) in [6, 6.07) is 14.5. The first kappa shape index (κ1) is 21.3. The van der Waals surface area contributed by atoms with Gasteiger partial charge in [0, 0.05) is 46.1 Å². The van der Waals surface area contributed by atoms with Gasteiger partial charge in [-0.15, -0.1) is 10.8 Å². The molecule has 3 aromatic rings. The molecule has 1 aromatic heterocycles. The van der Waals surface area contributed by atoms with E-state index < -0.39 is 10.8 Å². The zero-order valence-electron chi connectivity index (χ0n) is 16.7. The predicted molar refractivity (Wildman–Crippen MR) is 122 cm³/mol. The van der Waals surface area contributed by atoms with Crippen LogP contribution in [-0.4, -0.2) is 31.0 Å². The van der Waals surface area contributed by atoms with Crippen LogP contribution < -0.4 is 10.6 Å². The summed E-state index contributed by atoms with van der Waals surface area (Å²) in [5, 5.41) is 5.45. The molecule has 0 atom stereocenters. The van der Waals surface area contributed by atoms with E-state index >= 15 is 0 Å². The van der Waals surface area contributed by atoms with Crippen molar-refractivity contribution in [3.05, 3.63) is 89.5 Å². The number of anilines is 1. The summed E-state index contributed by atoms with van der Waals surface area (Å²) in [4.78, 5) is 16.3. The Morgan fingerprint density at radius 3 is 2.61 bits per heavy atom. The standard InChI is InChI=1S/C22H23FN4O3S.2H2/c23-21-3-1-2-17-10-13-27(15-20(17)21)31(29,30)19-6-4-18(5-7-19)26-22(28)25-14-16-8-11-24-12-9-16;;/h1-9,11-12,29-30H,10,13-15H2,(H2,25,26,28);2*1H. The van der Waals surface area contributed by atoms with Gasteiger partial charge in [-0.05, 0) is 60.0 Å². The van der Waals surface area contributed by atoms with Crippen molar-refractivity contribution in [1.82, 2.24) is 14.6 Å². The van der Waals surface area contributed by atoms with Gasteiger partial charge in [0.2, 0.25) is 0 Å². The van der Waals surface area contributed by atoms with Gasteiger partial charge in [-0.1, -0.05) is 12.1 Å². The molecule has 0 bridgehead atoms. The van der Waals surface area contributed by atoms with E-state index in [9.17, 15) is 18.3 Å². The minimum absolute atomic E-state index is 0. The molecule has 2 amide bonds. The number of hydrogen-bond donors (Lipinski definition) is 4. The largest absolute Gasteiger partial charge is 0.334 e. The molecule has 1 aliphatic heterocycles. The number of carbonyl (C=O) groups excluding carboxylic acids is 1. The van der Waals surface area contributed by atoms with E-state index in [1.807, 2.05) is 18.2 Å². The van der Waals surface area contributed by atoms with Gasteiger partial charge in [0.05, 0.1) is 4.90 Å². The van der Waals surface area contributed by atoms with Crippen molar-refractivity contribution in [2.45, 2.75) is 24.4 Å². The molecule has 2 heterocycles. The maximum atomic E-state index is 14.2. The number of amides is 2. The van der Waals surface area contributed by atoms with Crippen LogP contribution in [0, 0.1) is 5.82 Å². The Bertz CT molecular complexity index is 1070. The second kappa shape index (κ2) is 9.03. The summed E-state index contributed by atoms with van der Waals surface area (Å²) in [5.74, 6) is -0.338. The normalized spacial score (nSPS) is 14.5. The van der Waals surface area contributed by atoms with Gasteiger partial charge < -0.3 is 10.6 Å². The molecule has 4 N–H and O–H groups in total. The highest BCUT2D eigenvalue weighted by Crippen LogP contribution is 2.53. The van der Waals surface area contributed by atoms with E-state index in [2.05, 4.69) is 15.6 Å². The molecule has 0 saturated carbocycles. The summed E-state index contributed by atoms with van der Waals surface area (Å²) in [6.07, 6.45) is 3.85. The lowest BCUT2D eigenvalue weighted by atomic mass is 10.0. The number of nitrogens with one attached hydrogen (secondary N) is 2. The van der Waals surface area contributed by atoms with Crippen LogP contribution in [0.3, 0.4) is 0 Å². The maximum absolute atomic E-state index is 14.2. The first-order chi connectivity index (χ1) is 14.9. The topological polar surface area (TPSA) is 97.7 Å². The quantitative estimate of drug-likeness (QED) is 0.436. The molecule has 7 nitrogen and oxygen atoms in total. The van der Waals surface area contributed by atoms with Gasteiger partial charge in [0.15, 0.2) is 0 Å². The minimum Gasteiger partial charge on any atom is -0.334 e. The molecule has 4 rings (SSSR count). The molecule has 0 saturated heterocycles. The van der Waals surface area contributed by atoms with Crippen LogP contribution >= 0.6 is 10.8 Å². The molecule has 0 radical (unpaired) electrons. The minimum atomic E-state index is -3.28. The van der Waals surface area contributed by atoms with Crippen LogP contribution in [0.2, 0.25) is 0 Å². The van der Waals surface area contributed by atoms with Gasteiger partial charge in [-0.2, -0.15) is 4.31 Å². The average Bonchev–Trinajstić information content (AvgIpc) is 2.79. The Morgan fingerprint density at radius 2 is 1.87 bits per heavy atom. The van der Waals surface area contributed by atoms with Gasteiger partial charge >= 0.3 is 6.03 Å². The van der Waals surface area contributed by atoms with Crippen LogP contribution in [0.15, 0.2) is 71.9 Å². The molecule has 0 unspecified atom stereocenters. The molecule has 0 spiro atoms. The summed E-state index contributed by atoms with van der Waals surface area (Å²) in [7, 11) is -3.28. The Morgan fingerprint density at radius 1 is 1.13 bits per heavy atom. The highest BCUT2D eigenvalue weighted by atomic mass is 32.3. The van der Waals surface area contributed by atoms with Crippen LogP contribution in [0.1, 0.15) is 19.5 Å². The number of halogens is 1. The zero-order valence-corrected chi connectivity index (χ0v) is 17.5. The molecule has 0 fully saturated rings. The third-order valence-corrected chi connectivity index (χ3v) is 7.11. The van der Waals surface area contributed by atoms with Crippen molar-refractivity contribution in [3.63, 3.8) is 0 Å². The first-order valence-corrected chi connectivity index (χ1v) is 11.3. The highest BCUT2D eigenvalue weighted by molar-refractivity contribution is 8.22. The van der Waals surface area contributed by atoms with Crippen molar-refractivity contribution in [3.8, 4) is 0 Å². The van der Waals surface area contributed by atoms with Crippen molar-refractivity contribution in [1.29, 1.82) is 0 Å². The Balaban J connectivity index is 0.00000193. The lowest BCUT2D eigenvalue weighted by Gasteiger charge is -2.45. The number of carbonyl (C=O) groups is 1. The number of nitrogens with zero attached hydrogens (tertiary/aromatic N) is 2. The molecule has 1 aliphatic rings. The van der Waals surface area contributed by atoms with Crippen molar-refractivity contribution in [2.75, 3.05) is 11.9 Å². The fourth-order valence-corrected chi connectivity index (χ4v) is 4.92. The van der Waals surface area contributed by atoms with E-state index in [1.165, 1.54) is 10.4 Å². The number of pyridine rings is 1. The SMILES string of the molecule is O=C(NCc1ccncc1)Nc1ccc(S(O)(O)N2CCc3cccc(F)c3C2)cc1.[HH].[HH]. The zero-order chi connectivity index (χ0) is 21.8. The third-order valence-electron chi connectivity index (χ3n) is 5.17. The maximum Gasteiger partial charge on any atom is 0.319 e. The molecular weight excluding hydrogens is 419 g/mol. The number of hydrogen-bond acceptors (Lipinski definition) is 5. The van der Waals surface area contributed by atoms with Crippen molar-refractivity contribution >= 4 is 22.5 Å².